The third-order valence-electron chi connectivity index (χ3n) is 2.87. The van der Waals surface area contributed by atoms with E-state index in [1.54, 1.807) is 12.1 Å². The van der Waals surface area contributed by atoms with Gasteiger partial charge in [-0.25, -0.2) is 4.39 Å². The second-order valence-electron chi connectivity index (χ2n) is 4.35. The minimum atomic E-state index is -0.472. The second kappa shape index (κ2) is 6.69. The van der Waals surface area contributed by atoms with Crippen LogP contribution >= 0.6 is 0 Å². The summed E-state index contributed by atoms with van der Waals surface area (Å²) in [5, 5.41) is 9.37. The molecule has 2 rings (SSSR count). The summed E-state index contributed by atoms with van der Waals surface area (Å²) < 4.78 is 18.3. The van der Waals surface area contributed by atoms with Gasteiger partial charge in [-0.05, 0) is 30.2 Å². The van der Waals surface area contributed by atoms with Crippen LogP contribution in [0.15, 0.2) is 30.3 Å². The molecule has 0 bridgehead atoms. The zero-order valence-electron chi connectivity index (χ0n) is 11.8. The van der Waals surface area contributed by atoms with Crippen molar-refractivity contribution in [3.05, 3.63) is 47.4 Å². The topological polar surface area (TPSA) is 67.0 Å². The standard InChI is InChI=1S/C15H16FN3O2/c1-3-11-9-14(19-18-11)17-15(20)7-5-10-4-6-13(21-2)12(16)8-10/h4-9H,3H2,1-2H3,(H2,17,18,19,20)/b7-5+. The van der Waals surface area contributed by atoms with Gasteiger partial charge >= 0.3 is 0 Å². The van der Waals surface area contributed by atoms with E-state index >= 15 is 0 Å². The first-order valence-corrected chi connectivity index (χ1v) is 6.49. The number of amides is 1. The molecule has 0 spiro atoms. The van der Waals surface area contributed by atoms with Crippen molar-refractivity contribution in [1.82, 2.24) is 10.2 Å². The third kappa shape index (κ3) is 3.92. The lowest BCUT2D eigenvalue weighted by atomic mass is 10.2. The van der Waals surface area contributed by atoms with Crippen LogP contribution in [0.1, 0.15) is 18.2 Å². The number of halogens is 1. The van der Waals surface area contributed by atoms with E-state index < -0.39 is 5.82 Å². The van der Waals surface area contributed by atoms with Crippen molar-refractivity contribution in [3.8, 4) is 5.75 Å². The van der Waals surface area contributed by atoms with E-state index in [0.29, 0.717) is 11.4 Å². The zero-order chi connectivity index (χ0) is 15.2. The van der Waals surface area contributed by atoms with Gasteiger partial charge < -0.3 is 10.1 Å². The second-order valence-corrected chi connectivity index (χ2v) is 4.35. The highest BCUT2D eigenvalue weighted by Crippen LogP contribution is 2.18. The number of aryl methyl sites for hydroxylation is 1. The van der Waals surface area contributed by atoms with Gasteiger partial charge in [0.2, 0.25) is 5.91 Å². The van der Waals surface area contributed by atoms with Gasteiger partial charge in [0.05, 0.1) is 7.11 Å². The molecule has 110 valence electrons. The van der Waals surface area contributed by atoms with Gasteiger partial charge in [0.1, 0.15) is 0 Å². The highest BCUT2D eigenvalue weighted by molar-refractivity contribution is 6.01. The van der Waals surface area contributed by atoms with Crippen molar-refractivity contribution in [2.24, 2.45) is 0 Å². The van der Waals surface area contributed by atoms with Crippen molar-refractivity contribution < 1.29 is 13.9 Å². The SMILES string of the molecule is CCc1cc(NC(=O)/C=C/c2ccc(OC)c(F)c2)n[nH]1. The summed E-state index contributed by atoms with van der Waals surface area (Å²) in [4.78, 5) is 11.7. The number of hydrogen-bond acceptors (Lipinski definition) is 3. The molecule has 0 aliphatic carbocycles. The third-order valence-corrected chi connectivity index (χ3v) is 2.87. The number of rotatable bonds is 5. The maximum absolute atomic E-state index is 13.5. The molecule has 1 heterocycles. The van der Waals surface area contributed by atoms with Crippen molar-refractivity contribution in [2.45, 2.75) is 13.3 Å². The van der Waals surface area contributed by atoms with Gasteiger partial charge in [-0.3, -0.25) is 9.89 Å². The normalized spacial score (nSPS) is 10.8. The van der Waals surface area contributed by atoms with E-state index in [2.05, 4.69) is 15.5 Å². The van der Waals surface area contributed by atoms with Crippen molar-refractivity contribution in [2.75, 3.05) is 12.4 Å². The average molecular weight is 289 g/mol. The quantitative estimate of drug-likeness (QED) is 0.832. The molecule has 2 aromatic rings. The number of benzene rings is 1. The predicted molar refractivity (Wildman–Crippen MR) is 78.6 cm³/mol. The number of methoxy groups -OCH3 is 1. The van der Waals surface area contributed by atoms with Crippen LogP contribution in [0.25, 0.3) is 6.08 Å². The van der Waals surface area contributed by atoms with Crippen molar-refractivity contribution >= 4 is 17.8 Å². The first kappa shape index (κ1) is 14.8. The van der Waals surface area contributed by atoms with Gasteiger partial charge in [-0.1, -0.05) is 13.0 Å². The number of anilines is 1. The van der Waals surface area contributed by atoms with E-state index in [9.17, 15) is 9.18 Å². The zero-order valence-corrected chi connectivity index (χ0v) is 11.8. The van der Waals surface area contributed by atoms with Gasteiger partial charge in [-0.15, -0.1) is 0 Å². The van der Waals surface area contributed by atoms with E-state index in [4.69, 9.17) is 4.74 Å². The average Bonchev–Trinajstić information content (AvgIpc) is 2.93. The molecule has 0 unspecified atom stereocenters. The number of hydrogen-bond donors (Lipinski definition) is 2. The summed E-state index contributed by atoms with van der Waals surface area (Å²) >= 11 is 0. The number of nitrogens with one attached hydrogen (secondary N) is 2. The van der Waals surface area contributed by atoms with Gasteiger partial charge in [0.15, 0.2) is 17.4 Å². The summed E-state index contributed by atoms with van der Waals surface area (Å²) in [6, 6.07) is 6.23. The Labute approximate surface area is 121 Å². The Bertz CT molecular complexity index is 665. The molecule has 0 aliphatic heterocycles. The van der Waals surface area contributed by atoms with Gasteiger partial charge in [-0.2, -0.15) is 5.10 Å². The summed E-state index contributed by atoms with van der Waals surface area (Å²) in [7, 11) is 1.40. The van der Waals surface area contributed by atoms with Gasteiger partial charge in [0.25, 0.3) is 0 Å². The number of carbonyl (C=O) groups excluding carboxylic acids is 1. The Hall–Kier alpha value is -2.63. The van der Waals surface area contributed by atoms with E-state index in [1.807, 2.05) is 6.92 Å². The smallest absolute Gasteiger partial charge is 0.249 e. The Morgan fingerprint density at radius 2 is 2.29 bits per heavy atom. The molecule has 0 radical (unpaired) electrons. The van der Waals surface area contributed by atoms with Crippen LogP contribution in [-0.2, 0) is 11.2 Å². The summed E-state index contributed by atoms with van der Waals surface area (Å²) in [6.07, 6.45) is 3.65. The number of aromatic nitrogens is 2. The van der Waals surface area contributed by atoms with Crippen LogP contribution < -0.4 is 10.1 Å². The number of aromatic amines is 1. The molecule has 0 fully saturated rings. The fourth-order valence-electron chi connectivity index (χ4n) is 1.73. The lowest BCUT2D eigenvalue weighted by Crippen LogP contribution is -2.07. The molecule has 5 nitrogen and oxygen atoms in total. The number of H-pyrrole nitrogens is 1. The largest absolute Gasteiger partial charge is 0.494 e. The Kier molecular flexibility index (Phi) is 4.71. The maximum atomic E-state index is 13.5. The fraction of sp³-hybridized carbons (Fsp3) is 0.200. The van der Waals surface area contributed by atoms with Crippen LogP contribution in [0.4, 0.5) is 10.2 Å². The van der Waals surface area contributed by atoms with Crippen molar-refractivity contribution in [1.29, 1.82) is 0 Å². The molecule has 0 saturated heterocycles. The maximum Gasteiger partial charge on any atom is 0.249 e. The Balaban J connectivity index is 2.00. The Morgan fingerprint density at radius 1 is 1.48 bits per heavy atom. The first-order valence-electron chi connectivity index (χ1n) is 6.49. The van der Waals surface area contributed by atoms with E-state index in [-0.39, 0.29) is 11.7 Å². The van der Waals surface area contributed by atoms with Crippen LogP contribution in [0.3, 0.4) is 0 Å². The number of nitrogens with zero attached hydrogens (tertiary/aromatic N) is 1. The van der Waals surface area contributed by atoms with Crippen LogP contribution in [0.2, 0.25) is 0 Å². The minimum absolute atomic E-state index is 0.167. The molecule has 1 aromatic heterocycles. The molecule has 2 N–H and O–H groups in total. The fourth-order valence-corrected chi connectivity index (χ4v) is 1.73. The molecule has 1 aromatic carbocycles. The minimum Gasteiger partial charge on any atom is -0.494 e. The van der Waals surface area contributed by atoms with E-state index in [0.717, 1.165) is 12.1 Å². The monoisotopic (exact) mass is 289 g/mol. The predicted octanol–water partition coefficient (Wildman–Crippen LogP) is 2.77. The van der Waals surface area contributed by atoms with Crippen LogP contribution in [-0.4, -0.2) is 23.2 Å². The van der Waals surface area contributed by atoms with Crippen LogP contribution in [0, 0.1) is 5.82 Å². The number of ether oxygens (including phenoxy) is 1. The highest BCUT2D eigenvalue weighted by Gasteiger charge is 2.04. The molecule has 1 amide bonds. The van der Waals surface area contributed by atoms with Crippen LogP contribution in [0.5, 0.6) is 5.75 Å². The molecule has 0 saturated carbocycles. The van der Waals surface area contributed by atoms with Crippen molar-refractivity contribution in [3.63, 3.8) is 0 Å². The molecule has 6 heteroatoms. The molecule has 21 heavy (non-hydrogen) atoms. The summed E-state index contributed by atoms with van der Waals surface area (Å²) in [5.74, 6) is -0.178. The molecular formula is C15H16FN3O2. The molecular weight excluding hydrogens is 273 g/mol. The number of carbonyl (C=O) groups is 1. The lowest BCUT2D eigenvalue weighted by molar-refractivity contribution is -0.111. The summed E-state index contributed by atoms with van der Waals surface area (Å²) in [6.45, 7) is 1.98. The van der Waals surface area contributed by atoms with Gasteiger partial charge in [0, 0.05) is 17.8 Å². The summed E-state index contributed by atoms with van der Waals surface area (Å²) in [5.41, 5.74) is 1.51. The first-order chi connectivity index (χ1) is 10.1. The lowest BCUT2D eigenvalue weighted by Gasteiger charge is -2.01. The highest BCUT2D eigenvalue weighted by atomic mass is 19.1. The van der Waals surface area contributed by atoms with E-state index in [1.165, 1.54) is 31.4 Å². The Morgan fingerprint density at radius 3 is 2.90 bits per heavy atom. The molecule has 0 aliphatic rings. The molecule has 0 atom stereocenters.